The van der Waals surface area contributed by atoms with E-state index in [4.69, 9.17) is 4.74 Å². The zero-order chi connectivity index (χ0) is 15.4. The Hall–Kier alpha value is -1.11. The minimum Gasteiger partial charge on any atom is -0.496 e. The number of hydrogen-bond donors (Lipinski definition) is 2. The summed E-state index contributed by atoms with van der Waals surface area (Å²) in [5, 5.41) is 9.23. The van der Waals surface area contributed by atoms with Crippen molar-refractivity contribution in [2.24, 2.45) is 5.41 Å². The molecule has 0 aliphatic heterocycles. The first kappa shape index (κ1) is 16.9. The number of aliphatic hydroxyl groups excluding tert-OH is 1. The summed E-state index contributed by atoms with van der Waals surface area (Å²) in [4.78, 5) is 0.135. The molecule has 0 radical (unpaired) electrons. The first-order valence-electron chi connectivity index (χ1n) is 6.47. The van der Waals surface area contributed by atoms with Crippen LogP contribution in [0.15, 0.2) is 23.1 Å². The fraction of sp³-hybridized carbons (Fsp3) is 0.571. The Kier molecular flexibility index (Phi) is 5.56. The van der Waals surface area contributed by atoms with Crippen molar-refractivity contribution in [3.8, 4) is 5.75 Å². The minimum absolute atomic E-state index is 0.0681. The highest BCUT2D eigenvalue weighted by atomic mass is 32.2. The Morgan fingerprint density at radius 3 is 2.45 bits per heavy atom. The molecule has 0 saturated carbocycles. The molecule has 0 unspecified atom stereocenters. The zero-order valence-electron chi connectivity index (χ0n) is 12.4. The molecule has 2 N–H and O–H groups in total. The second kappa shape index (κ2) is 6.56. The van der Waals surface area contributed by atoms with Gasteiger partial charge in [0.05, 0.1) is 18.6 Å². The quantitative estimate of drug-likeness (QED) is 0.841. The number of sulfonamides is 1. The summed E-state index contributed by atoms with van der Waals surface area (Å²) < 4.78 is 31.9. The summed E-state index contributed by atoms with van der Waals surface area (Å²) >= 11 is 0. The van der Waals surface area contributed by atoms with Gasteiger partial charge in [0.25, 0.3) is 0 Å². The van der Waals surface area contributed by atoms with Gasteiger partial charge in [-0.3, -0.25) is 0 Å². The molecule has 1 aromatic carbocycles. The first-order valence-corrected chi connectivity index (χ1v) is 7.95. The Labute approximate surface area is 121 Å². The van der Waals surface area contributed by atoms with E-state index in [0.29, 0.717) is 17.9 Å². The lowest BCUT2D eigenvalue weighted by atomic mass is 9.93. The monoisotopic (exact) mass is 301 g/mol. The van der Waals surface area contributed by atoms with Gasteiger partial charge in [-0.05, 0) is 30.0 Å². The van der Waals surface area contributed by atoms with Crippen LogP contribution in [-0.2, 0) is 16.6 Å². The molecule has 20 heavy (non-hydrogen) atoms. The number of nitrogens with one attached hydrogen (secondary N) is 1. The predicted molar refractivity (Wildman–Crippen MR) is 78.2 cm³/mol. The molecule has 0 aliphatic carbocycles. The molecule has 114 valence electrons. The molecule has 0 aromatic heterocycles. The van der Waals surface area contributed by atoms with Crippen molar-refractivity contribution in [3.63, 3.8) is 0 Å². The van der Waals surface area contributed by atoms with E-state index >= 15 is 0 Å². The largest absolute Gasteiger partial charge is 0.496 e. The van der Waals surface area contributed by atoms with Crippen LogP contribution in [0.25, 0.3) is 0 Å². The predicted octanol–water partition coefficient (Wildman–Crippen LogP) is 1.90. The normalized spacial score (nSPS) is 12.4. The van der Waals surface area contributed by atoms with Gasteiger partial charge in [-0.15, -0.1) is 0 Å². The van der Waals surface area contributed by atoms with Crippen LogP contribution in [0.1, 0.15) is 32.8 Å². The van der Waals surface area contributed by atoms with Crippen molar-refractivity contribution < 1.29 is 18.3 Å². The number of aliphatic hydroxyl groups is 1. The van der Waals surface area contributed by atoms with Crippen LogP contribution in [-0.4, -0.2) is 27.2 Å². The van der Waals surface area contributed by atoms with E-state index in [-0.39, 0.29) is 16.9 Å². The lowest BCUT2D eigenvalue weighted by molar-refractivity contribution is 0.273. The maximum Gasteiger partial charge on any atom is 0.240 e. The van der Waals surface area contributed by atoms with Crippen LogP contribution >= 0.6 is 0 Å². The Morgan fingerprint density at radius 2 is 1.95 bits per heavy atom. The maximum atomic E-state index is 12.2. The molecule has 0 bridgehead atoms. The Bertz CT molecular complexity index is 547. The standard InChI is InChI=1S/C14H23NO4S/c1-14(2,3)7-8-15-20(17,18)12-5-6-13(19-4)11(9-12)10-16/h5-6,9,15-16H,7-8,10H2,1-4H3. The van der Waals surface area contributed by atoms with Crippen molar-refractivity contribution in [3.05, 3.63) is 23.8 Å². The van der Waals surface area contributed by atoms with Crippen LogP contribution in [0.3, 0.4) is 0 Å². The van der Waals surface area contributed by atoms with Gasteiger partial charge in [0.1, 0.15) is 5.75 Å². The zero-order valence-corrected chi connectivity index (χ0v) is 13.3. The average Bonchev–Trinajstić information content (AvgIpc) is 2.36. The third-order valence-corrected chi connectivity index (χ3v) is 4.36. The SMILES string of the molecule is COc1ccc(S(=O)(=O)NCCC(C)(C)C)cc1CO. The van der Waals surface area contributed by atoms with Crippen LogP contribution in [0, 0.1) is 5.41 Å². The maximum absolute atomic E-state index is 12.2. The molecular weight excluding hydrogens is 278 g/mol. The van der Waals surface area contributed by atoms with E-state index < -0.39 is 10.0 Å². The second-order valence-electron chi connectivity index (χ2n) is 5.84. The molecule has 0 amide bonds. The number of ether oxygens (including phenoxy) is 1. The molecule has 0 fully saturated rings. The second-order valence-corrected chi connectivity index (χ2v) is 7.61. The van der Waals surface area contributed by atoms with Crippen LogP contribution in [0.5, 0.6) is 5.75 Å². The summed E-state index contributed by atoms with van der Waals surface area (Å²) in [5.41, 5.74) is 0.518. The lowest BCUT2D eigenvalue weighted by Crippen LogP contribution is -2.27. The molecule has 0 heterocycles. The lowest BCUT2D eigenvalue weighted by Gasteiger charge is -2.18. The first-order chi connectivity index (χ1) is 9.19. The van der Waals surface area contributed by atoms with Gasteiger partial charge in [0.2, 0.25) is 10.0 Å². The summed E-state index contributed by atoms with van der Waals surface area (Å²) in [5.74, 6) is 0.473. The smallest absolute Gasteiger partial charge is 0.240 e. The van der Waals surface area contributed by atoms with E-state index in [9.17, 15) is 13.5 Å². The highest BCUT2D eigenvalue weighted by molar-refractivity contribution is 7.89. The van der Waals surface area contributed by atoms with Crippen LogP contribution in [0.2, 0.25) is 0 Å². The fourth-order valence-electron chi connectivity index (χ4n) is 1.69. The van der Waals surface area contributed by atoms with Crippen molar-refractivity contribution in [2.45, 2.75) is 38.7 Å². The van der Waals surface area contributed by atoms with Gasteiger partial charge in [-0.2, -0.15) is 0 Å². The van der Waals surface area contributed by atoms with Crippen molar-refractivity contribution in [1.82, 2.24) is 4.72 Å². The van der Waals surface area contributed by atoms with E-state index in [1.165, 1.54) is 19.2 Å². The third-order valence-electron chi connectivity index (χ3n) is 2.90. The highest BCUT2D eigenvalue weighted by Gasteiger charge is 2.17. The van der Waals surface area contributed by atoms with E-state index in [1.54, 1.807) is 6.07 Å². The van der Waals surface area contributed by atoms with Crippen LogP contribution in [0.4, 0.5) is 0 Å². The van der Waals surface area contributed by atoms with Crippen LogP contribution < -0.4 is 9.46 Å². The number of rotatable bonds is 6. The summed E-state index contributed by atoms with van der Waals surface area (Å²) in [6.45, 7) is 6.27. The molecule has 5 nitrogen and oxygen atoms in total. The topological polar surface area (TPSA) is 75.6 Å². The van der Waals surface area contributed by atoms with E-state index in [2.05, 4.69) is 25.5 Å². The van der Waals surface area contributed by atoms with Crippen molar-refractivity contribution >= 4 is 10.0 Å². The molecule has 1 aromatic rings. The number of hydrogen-bond acceptors (Lipinski definition) is 4. The molecule has 0 aliphatic rings. The van der Waals surface area contributed by atoms with Gasteiger partial charge < -0.3 is 9.84 Å². The summed E-state index contributed by atoms with van der Waals surface area (Å²) in [6, 6.07) is 4.44. The third kappa shape index (κ3) is 4.77. The molecule has 6 heteroatoms. The average molecular weight is 301 g/mol. The summed E-state index contributed by atoms with van der Waals surface area (Å²) in [7, 11) is -2.08. The van der Waals surface area contributed by atoms with Crippen molar-refractivity contribution in [1.29, 1.82) is 0 Å². The molecular formula is C14H23NO4S. The molecule has 0 atom stereocenters. The fourth-order valence-corrected chi connectivity index (χ4v) is 2.77. The van der Waals surface area contributed by atoms with Gasteiger partial charge in [0.15, 0.2) is 0 Å². The van der Waals surface area contributed by atoms with Crippen molar-refractivity contribution in [2.75, 3.05) is 13.7 Å². The number of methoxy groups -OCH3 is 1. The van der Waals surface area contributed by atoms with Gasteiger partial charge >= 0.3 is 0 Å². The van der Waals surface area contributed by atoms with E-state index in [0.717, 1.165) is 6.42 Å². The Morgan fingerprint density at radius 1 is 1.30 bits per heavy atom. The molecule has 1 rings (SSSR count). The van der Waals surface area contributed by atoms with Gasteiger partial charge in [-0.25, -0.2) is 13.1 Å². The number of benzene rings is 1. The minimum atomic E-state index is -3.56. The van der Waals surface area contributed by atoms with Gasteiger partial charge in [0, 0.05) is 12.1 Å². The van der Waals surface area contributed by atoms with Gasteiger partial charge in [-0.1, -0.05) is 20.8 Å². The van der Waals surface area contributed by atoms with E-state index in [1.807, 2.05) is 0 Å². The molecule has 0 spiro atoms. The molecule has 0 saturated heterocycles. The Balaban J connectivity index is 2.87. The highest BCUT2D eigenvalue weighted by Crippen LogP contribution is 2.23. The summed E-state index contributed by atoms with van der Waals surface area (Å²) in [6.07, 6.45) is 0.745.